The fourth-order valence-electron chi connectivity index (χ4n) is 3.10. The second-order valence-corrected chi connectivity index (χ2v) is 6.17. The van der Waals surface area contributed by atoms with Crippen molar-refractivity contribution in [1.29, 1.82) is 0 Å². The average molecular weight is 366 g/mol. The molecule has 0 fully saturated rings. The Balaban J connectivity index is 2.12. The number of rotatable bonds is 7. The fraction of sp³-hybridized carbons (Fsp3) is 0.286. The number of hydrogen-bond acceptors (Lipinski definition) is 5. The number of nitrogens with zero attached hydrogens (tertiary/aromatic N) is 2. The Morgan fingerprint density at radius 3 is 2.59 bits per heavy atom. The number of carbonyl (C=O) groups is 2. The Morgan fingerprint density at radius 2 is 1.93 bits per heavy atom. The van der Waals surface area contributed by atoms with Gasteiger partial charge in [0.2, 0.25) is 11.7 Å². The zero-order chi connectivity index (χ0) is 19.4. The van der Waals surface area contributed by atoms with E-state index < -0.39 is 0 Å². The van der Waals surface area contributed by atoms with Gasteiger partial charge >= 0.3 is 5.97 Å². The lowest BCUT2D eigenvalue weighted by atomic mass is 10.0. The zero-order valence-corrected chi connectivity index (χ0v) is 15.7. The van der Waals surface area contributed by atoms with Crippen LogP contribution in [0.5, 0.6) is 5.88 Å². The number of aromatic nitrogens is 2. The Bertz CT molecular complexity index is 977. The summed E-state index contributed by atoms with van der Waals surface area (Å²) >= 11 is 0. The number of ketones is 1. The minimum absolute atomic E-state index is 0.109. The number of esters is 1. The zero-order valence-electron chi connectivity index (χ0n) is 15.7. The summed E-state index contributed by atoms with van der Waals surface area (Å²) in [7, 11) is 1.55. The normalized spacial score (nSPS) is 10.8. The van der Waals surface area contributed by atoms with Crippen molar-refractivity contribution < 1.29 is 19.1 Å². The number of methoxy groups -OCH3 is 1. The van der Waals surface area contributed by atoms with Crippen molar-refractivity contribution >= 4 is 17.3 Å². The Labute approximate surface area is 157 Å². The molecule has 0 aliphatic rings. The van der Waals surface area contributed by atoms with Crippen molar-refractivity contribution in [3.63, 3.8) is 0 Å². The van der Waals surface area contributed by atoms with E-state index in [1.54, 1.807) is 30.6 Å². The van der Waals surface area contributed by atoms with Gasteiger partial charge in [-0.3, -0.25) is 9.59 Å². The number of aryl methyl sites for hydroxylation is 2. The largest absolute Gasteiger partial charge is 0.479 e. The number of benzene rings is 1. The van der Waals surface area contributed by atoms with Crippen molar-refractivity contribution in [1.82, 2.24) is 9.38 Å². The highest BCUT2D eigenvalue weighted by Gasteiger charge is 2.22. The molecular formula is C21H22N2O4. The van der Waals surface area contributed by atoms with E-state index in [-0.39, 0.29) is 18.2 Å². The first-order chi connectivity index (χ1) is 13.0. The first-order valence-electron chi connectivity index (χ1n) is 8.86. The molecule has 0 aliphatic heterocycles. The van der Waals surface area contributed by atoms with Crippen LogP contribution in [-0.4, -0.2) is 34.9 Å². The minimum Gasteiger partial charge on any atom is -0.479 e. The summed E-state index contributed by atoms with van der Waals surface area (Å²) in [6.45, 7) is 3.95. The molecule has 27 heavy (non-hydrogen) atoms. The van der Waals surface area contributed by atoms with E-state index in [4.69, 9.17) is 9.47 Å². The summed E-state index contributed by atoms with van der Waals surface area (Å²) < 4.78 is 12.2. The molecule has 3 rings (SSSR count). The third kappa shape index (κ3) is 3.84. The van der Waals surface area contributed by atoms with Gasteiger partial charge in [0.1, 0.15) is 5.52 Å². The standard InChI is InChI=1S/C21H22N2O4/c1-4-27-18(24)11-10-16-12-17-21(26-3)22-14(2)13-23(17)19(16)20(25)15-8-6-5-7-9-15/h5-9,12-13H,4,10-11H2,1-3H3. The van der Waals surface area contributed by atoms with Gasteiger partial charge in [0, 0.05) is 18.2 Å². The number of fused-ring (bicyclic) bond motifs is 1. The summed E-state index contributed by atoms with van der Waals surface area (Å²) in [5.41, 5.74) is 3.30. The Kier molecular flexibility index (Phi) is 5.54. The Morgan fingerprint density at radius 1 is 1.19 bits per heavy atom. The second-order valence-electron chi connectivity index (χ2n) is 6.17. The first-order valence-corrected chi connectivity index (χ1v) is 8.86. The highest BCUT2D eigenvalue weighted by atomic mass is 16.5. The van der Waals surface area contributed by atoms with Crippen molar-refractivity contribution in [2.24, 2.45) is 0 Å². The predicted molar refractivity (Wildman–Crippen MR) is 101 cm³/mol. The van der Waals surface area contributed by atoms with E-state index in [2.05, 4.69) is 4.98 Å². The highest BCUT2D eigenvalue weighted by Crippen LogP contribution is 2.27. The van der Waals surface area contributed by atoms with Crippen LogP contribution in [0, 0.1) is 6.92 Å². The monoisotopic (exact) mass is 366 g/mol. The van der Waals surface area contributed by atoms with Gasteiger partial charge in [0.05, 0.1) is 25.1 Å². The van der Waals surface area contributed by atoms with E-state index in [0.717, 1.165) is 11.3 Å². The molecule has 0 spiro atoms. The molecule has 2 aromatic heterocycles. The molecule has 0 amide bonds. The second kappa shape index (κ2) is 8.03. The van der Waals surface area contributed by atoms with Crippen LogP contribution < -0.4 is 4.74 Å². The van der Waals surface area contributed by atoms with Gasteiger partial charge in [-0.15, -0.1) is 0 Å². The topological polar surface area (TPSA) is 69.9 Å². The SMILES string of the molecule is CCOC(=O)CCc1cc2c(OC)nc(C)cn2c1C(=O)c1ccccc1. The van der Waals surface area contributed by atoms with Gasteiger partial charge < -0.3 is 13.9 Å². The summed E-state index contributed by atoms with van der Waals surface area (Å²) in [6.07, 6.45) is 2.41. The van der Waals surface area contributed by atoms with Crippen molar-refractivity contribution in [2.75, 3.05) is 13.7 Å². The van der Waals surface area contributed by atoms with Crippen molar-refractivity contribution in [3.05, 3.63) is 65.1 Å². The van der Waals surface area contributed by atoms with Gasteiger partial charge in [-0.1, -0.05) is 30.3 Å². The third-order valence-corrected chi connectivity index (χ3v) is 4.28. The summed E-state index contributed by atoms with van der Waals surface area (Å²) in [4.78, 5) is 29.4. The van der Waals surface area contributed by atoms with Crippen LogP contribution in [0.15, 0.2) is 42.6 Å². The van der Waals surface area contributed by atoms with Gasteiger partial charge in [0.25, 0.3) is 0 Å². The van der Waals surface area contributed by atoms with E-state index in [0.29, 0.717) is 35.7 Å². The lowest BCUT2D eigenvalue weighted by Crippen LogP contribution is -2.11. The van der Waals surface area contributed by atoms with Crippen molar-refractivity contribution in [2.45, 2.75) is 26.7 Å². The molecule has 0 unspecified atom stereocenters. The average Bonchev–Trinajstić information content (AvgIpc) is 3.04. The van der Waals surface area contributed by atoms with Crippen LogP contribution in [-0.2, 0) is 16.0 Å². The van der Waals surface area contributed by atoms with Crippen LogP contribution in [0.3, 0.4) is 0 Å². The van der Waals surface area contributed by atoms with E-state index >= 15 is 0 Å². The predicted octanol–water partition coefficient (Wildman–Crippen LogP) is 3.38. The maximum Gasteiger partial charge on any atom is 0.306 e. The molecule has 3 aromatic rings. The Hall–Kier alpha value is -3.15. The maximum absolute atomic E-state index is 13.2. The van der Waals surface area contributed by atoms with Gasteiger partial charge in [-0.05, 0) is 31.9 Å². The number of carbonyl (C=O) groups excluding carboxylic acids is 2. The molecule has 140 valence electrons. The van der Waals surface area contributed by atoms with Crippen LogP contribution >= 0.6 is 0 Å². The highest BCUT2D eigenvalue weighted by molar-refractivity contribution is 6.09. The molecule has 0 radical (unpaired) electrons. The molecule has 0 saturated carbocycles. The van der Waals surface area contributed by atoms with Gasteiger partial charge in [-0.2, -0.15) is 0 Å². The lowest BCUT2D eigenvalue weighted by molar-refractivity contribution is -0.143. The smallest absolute Gasteiger partial charge is 0.306 e. The minimum atomic E-state index is -0.285. The number of hydrogen-bond donors (Lipinski definition) is 0. The first kappa shape index (κ1) is 18.6. The molecule has 0 atom stereocenters. The number of ether oxygens (including phenoxy) is 2. The fourth-order valence-corrected chi connectivity index (χ4v) is 3.10. The lowest BCUT2D eigenvalue weighted by Gasteiger charge is -2.08. The summed E-state index contributed by atoms with van der Waals surface area (Å²) in [5.74, 6) is 0.0498. The molecule has 0 bridgehead atoms. The van der Waals surface area contributed by atoms with Crippen molar-refractivity contribution in [3.8, 4) is 5.88 Å². The van der Waals surface area contributed by atoms with Crippen LogP contribution in [0.4, 0.5) is 0 Å². The summed E-state index contributed by atoms with van der Waals surface area (Å²) in [5, 5.41) is 0. The third-order valence-electron chi connectivity index (χ3n) is 4.28. The van der Waals surface area contributed by atoms with E-state index in [9.17, 15) is 9.59 Å². The molecule has 0 aliphatic carbocycles. The van der Waals surface area contributed by atoms with Crippen LogP contribution in [0.2, 0.25) is 0 Å². The molecule has 2 heterocycles. The maximum atomic E-state index is 13.2. The molecule has 0 N–H and O–H groups in total. The molecule has 6 heteroatoms. The summed E-state index contributed by atoms with van der Waals surface area (Å²) in [6, 6.07) is 10.9. The van der Waals surface area contributed by atoms with Gasteiger partial charge in [0.15, 0.2) is 0 Å². The van der Waals surface area contributed by atoms with E-state index in [1.165, 1.54) is 0 Å². The van der Waals surface area contributed by atoms with Crippen LogP contribution in [0.25, 0.3) is 5.52 Å². The quantitative estimate of drug-likeness (QED) is 0.474. The molecule has 6 nitrogen and oxygen atoms in total. The van der Waals surface area contributed by atoms with Crippen LogP contribution in [0.1, 0.15) is 40.7 Å². The van der Waals surface area contributed by atoms with E-state index in [1.807, 2.05) is 37.4 Å². The molecule has 1 aromatic carbocycles. The molecule has 0 saturated heterocycles. The van der Waals surface area contributed by atoms with Gasteiger partial charge in [-0.25, -0.2) is 4.98 Å². The molecular weight excluding hydrogens is 344 g/mol.